The summed E-state index contributed by atoms with van der Waals surface area (Å²) < 4.78 is 1.32. The van der Waals surface area contributed by atoms with Gasteiger partial charge in [0.2, 0.25) is 0 Å². The van der Waals surface area contributed by atoms with Crippen LogP contribution in [0.4, 0.5) is 0 Å². The molecule has 0 atom stereocenters. The number of benzene rings is 2. The van der Waals surface area contributed by atoms with Gasteiger partial charge in [0.05, 0.1) is 14.9 Å². The van der Waals surface area contributed by atoms with Gasteiger partial charge in [-0.15, -0.1) is 11.8 Å². The van der Waals surface area contributed by atoms with Crippen LogP contribution >= 0.6 is 48.0 Å². The molecule has 10 heteroatoms. The number of ketones is 1. The summed E-state index contributed by atoms with van der Waals surface area (Å²) >= 11 is 12.3. The third-order valence-corrected chi connectivity index (χ3v) is 6.15. The fourth-order valence-corrected chi connectivity index (χ4v) is 4.28. The molecule has 0 saturated carbocycles. The number of thiocarbonyl (C=S) groups is 2. The number of carbonyl (C=O) groups is 3. The normalized spacial score (nSPS) is 15.7. The average Bonchev–Trinajstić information content (AvgIpc) is 3.25. The molecular weight excluding hydrogens is 487 g/mol. The van der Waals surface area contributed by atoms with Crippen molar-refractivity contribution in [3.63, 3.8) is 0 Å². The van der Waals surface area contributed by atoms with Gasteiger partial charge in [-0.05, 0) is 35.9 Å². The number of carbonyl (C=O) groups excluding carboxylic acids is 3. The molecule has 168 valence electrons. The van der Waals surface area contributed by atoms with Crippen molar-refractivity contribution in [3.05, 3.63) is 64.6 Å². The van der Waals surface area contributed by atoms with Gasteiger partial charge in [-0.2, -0.15) is 0 Å². The quantitative estimate of drug-likeness (QED) is 0.302. The molecule has 2 aromatic rings. The second-order valence-electron chi connectivity index (χ2n) is 6.04. The predicted molar refractivity (Wildman–Crippen MR) is 139 cm³/mol. The molecule has 0 bridgehead atoms. The Labute approximate surface area is 205 Å². The lowest BCUT2D eigenvalue weighted by atomic mass is 10.2. The lowest BCUT2D eigenvalue weighted by Gasteiger charge is -1.95. The maximum atomic E-state index is 11.3. The zero-order chi connectivity index (χ0) is 22.8. The van der Waals surface area contributed by atoms with Gasteiger partial charge in [-0.25, -0.2) is 0 Å². The lowest BCUT2D eigenvalue weighted by Crippen LogP contribution is -2.17. The number of phenolic OH excluding ortho intramolecular Hbond substituents is 2. The van der Waals surface area contributed by atoms with Gasteiger partial charge in [0.1, 0.15) is 27.9 Å². The van der Waals surface area contributed by atoms with Gasteiger partial charge in [0.25, 0.3) is 5.91 Å². The molecule has 1 amide bonds. The fraction of sp³-hybridized carbons (Fsp3) is 0.136. The first-order valence-electron chi connectivity index (χ1n) is 8.72. The van der Waals surface area contributed by atoms with E-state index in [1.54, 1.807) is 36.4 Å². The highest BCUT2D eigenvalue weighted by Gasteiger charge is 2.21. The van der Waals surface area contributed by atoms with Crippen LogP contribution in [0.3, 0.4) is 0 Å². The molecule has 4 rings (SSSR count). The summed E-state index contributed by atoms with van der Waals surface area (Å²) in [6, 6.07) is 12.9. The first kappa shape index (κ1) is 27.5. The van der Waals surface area contributed by atoms with Gasteiger partial charge < -0.3 is 15.5 Å². The molecule has 2 saturated heterocycles. The van der Waals surface area contributed by atoms with Crippen molar-refractivity contribution in [2.24, 2.45) is 0 Å². The summed E-state index contributed by atoms with van der Waals surface area (Å²) in [5.41, 5.74) is 1.27. The Bertz CT molecular complexity index is 1040. The molecule has 32 heavy (non-hydrogen) atoms. The average molecular weight is 508 g/mol. The molecule has 0 radical (unpaired) electrons. The standard InChI is InChI=1S/C10H7NO2S2.C7H6O2.C4H4OS2.CH4/c12-7-3-1-2-6(4-7)5-8-9(13)11-10(14)15-8;8-5-6-2-1-3-7(9)4-6;5-3-1-4(6)7-2-3;/h1-5,12H,(H,11,13,14);1-5,9H;1-2H2;1H4/b8-5-;;;. The fourth-order valence-electron chi connectivity index (χ4n) is 2.21. The van der Waals surface area contributed by atoms with Crippen LogP contribution < -0.4 is 5.32 Å². The van der Waals surface area contributed by atoms with Crippen molar-refractivity contribution >= 4 is 80.5 Å². The van der Waals surface area contributed by atoms with Crippen LogP contribution in [-0.4, -0.2) is 42.5 Å². The van der Waals surface area contributed by atoms with E-state index in [9.17, 15) is 19.5 Å². The SMILES string of the molecule is C.O=C1CSC(=S)C1.O=C1NC(=S)S/C1=C\c1cccc(O)c1.O=Cc1cccc(O)c1. The number of phenols is 2. The molecular formula is C22H21NO5S4. The second kappa shape index (κ2) is 13.8. The van der Waals surface area contributed by atoms with Crippen molar-refractivity contribution in [1.29, 1.82) is 0 Å². The van der Waals surface area contributed by atoms with Crippen LogP contribution in [0.1, 0.15) is 29.8 Å². The monoisotopic (exact) mass is 507 g/mol. The van der Waals surface area contributed by atoms with Gasteiger partial charge in [-0.1, -0.05) is 67.9 Å². The molecule has 0 spiro atoms. The Hall–Kier alpha value is -2.53. The highest BCUT2D eigenvalue weighted by molar-refractivity contribution is 8.27. The van der Waals surface area contributed by atoms with E-state index in [1.807, 2.05) is 6.07 Å². The number of thioether (sulfide) groups is 2. The first-order chi connectivity index (χ1) is 14.8. The van der Waals surface area contributed by atoms with Crippen molar-refractivity contribution in [3.8, 4) is 11.5 Å². The Morgan fingerprint density at radius 2 is 1.56 bits per heavy atom. The first-order valence-corrected chi connectivity index (χ1v) is 11.3. The van der Waals surface area contributed by atoms with Gasteiger partial charge >= 0.3 is 0 Å². The van der Waals surface area contributed by atoms with Crippen LogP contribution in [0.15, 0.2) is 53.4 Å². The van der Waals surface area contributed by atoms with E-state index in [1.165, 1.54) is 35.7 Å². The minimum Gasteiger partial charge on any atom is -0.508 e. The van der Waals surface area contributed by atoms with Crippen molar-refractivity contribution in [2.75, 3.05) is 5.75 Å². The number of hydrogen-bond acceptors (Lipinski definition) is 9. The minimum atomic E-state index is -0.187. The van der Waals surface area contributed by atoms with Crippen molar-refractivity contribution in [1.82, 2.24) is 5.32 Å². The van der Waals surface area contributed by atoms with E-state index >= 15 is 0 Å². The third kappa shape index (κ3) is 9.73. The lowest BCUT2D eigenvalue weighted by molar-refractivity contribution is -0.116. The molecule has 2 fully saturated rings. The molecule has 0 aromatic heterocycles. The van der Waals surface area contributed by atoms with E-state index < -0.39 is 0 Å². The van der Waals surface area contributed by atoms with Crippen LogP contribution in [0.5, 0.6) is 11.5 Å². The number of Topliss-reactive ketones (excluding diaryl/α,β-unsaturated/α-hetero) is 1. The highest BCUT2D eigenvalue weighted by atomic mass is 32.2. The zero-order valence-electron chi connectivity index (χ0n) is 15.9. The molecule has 0 aliphatic carbocycles. The Kier molecular flexibility index (Phi) is 11.9. The van der Waals surface area contributed by atoms with E-state index in [0.717, 1.165) is 9.76 Å². The summed E-state index contributed by atoms with van der Waals surface area (Å²) in [5.74, 6) is 0.997. The van der Waals surface area contributed by atoms with Gasteiger partial charge in [-0.3, -0.25) is 14.4 Å². The molecule has 2 aliphatic heterocycles. The number of aldehydes is 1. The van der Waals surface area contributed by atoms with Crippen LogP contribution in [0.2, 0.25) is 0 Å². The summed E-state index contributed by atoms with van der Waals surface area (Å²) in [7, 11) is 0. The largest absolute Gasteiger partial charge is 0.508 e. The van der Waals surface area contributed by atoms with Gasteiger partial charge in [0, 0.05) is 12.0 Å². The van der Waals surface area contributed by atoms with Gasteiger partial charge in [0.15, 0.2) is 0 Å². The number of aromatic hydroxyl groups is 2. The molecule has 2 aromatic carbocycles. The van der Waals surface area contributed by atoms with Crippen LogP contribution in [0, 0.1) is 0 Å². The molecule has 3 N–H and O–H groups in total. The molecule has 2 heterocycles. The number of rotatable bonds is 2. The summed E-state index contributed by atoms with van der Waals surface area (Å²) in [5, 5.41) is 20.6. The summed E-state index contributed by atoms with van der Waals surface area (Å²) in [6.07, 6.45) is 2.92. The maximum absolute atomic E-state index is 11.3. The number of nitrogens with one attached hydrogen (secondary N) is 1. The Morgan fingerprint density at radius 3 is 1.94 bits per heavy atom. The molecule has 6 nitrogen and oxygen atoms in total. The number of amides is 1. The van der Waals surface area contributed by atoms with Crippen molar-refractivity contribution in [2.45, 2.75) is 13.8 Å². The third-order valence-electron chi connectivity index (χ3n) is 3.55. The Morgan fingerprint density at radius 1 is 0.969 bits per heavy atom. The van der Waals surface area contributed by atoms with Crippen LogP contribution in [0.25, 0.3) is 6.08 Å². The van der Waals surface area contributed by atoms with E-state index in [2.05, 4.69) is 5.32 Å². The van der Waals surface area contributed by atoms with Crippen LogP contribution in [-0.2, 0) is 9.59 Å². The van der Waals surface area contributed by atoms with E-state index in [4.69, 9.17) is 29.5 Å². The summed E-state index contributed by atoms with van der Waals surface area (Å²) in [4.78, 5) is 32.3. The van der Waals surface area contributed by atoms with E-state index in [0.29, 0.717) is 33.2 Å². The smallest absolute Gasteiger partial charge is 0.263 e. The zero-order valence-corrected chi connectivity index (χ0v) is 19.2. The summed E-state index contributed by atoms with van der Waals surface area (Å²) in [6.45, 7) is 0. The minimum absolute atomic E-state index is 0. The van der Waals surface area contributed by atoms with Crippen molar-refractivity contribution < 1.29 is 24.6 Å². The Balaban J connectivity index is 0.000000258. The molecule has 2 aliphatic rings. The second-order valence-corrected chi connectivity index (χ2v) is 9.58. The van der Waals surface area contributed by atoms with E-state index in [-0.39, 0.29) is 30.6 Å². The number of hydrogen-bond donors (Lipinski definition) is 3. The topological polar surface area (TPSA) is 104 Å². The molecule has 0 unspecified atom stereocenters. The predicted octanol–water partition coefficient (Wildman–Crippen LogP) is 4.74. The highest BCUT2D eigenvalue weighted by Crippen LogP contribution is 2.26. The maximum Gasteiger partial charge on any atom is 0.263 e.